The van der Waals surface area contributed by atoms with Crippen LogP contribution in [0.5, 0.6) is 5.75 Å². The van der Waals surface area contributed by atoms with Crippen LogP contribution in [0.15, 0.2) is 53.0 Å². The minimum atomic E-state index is 0.345. The molecule has 1 N–H and O–H groups in total. The summed E-state index contributed by atoms with van der Waals surface area (Å²) in [4.78, 5) is 0. The zero-order chi connectivity index (χ0) is 14.4. The molecule has 2 nitrogen and oxygen atoms in total. The van der Waals surface area contributed by atoms with Gasteiger partial charge in [-0.15, -0.1) is 0 Å². The Morgan fingerprint density at radius 3 is 2.50 bits per heavy atom. The van der Waals surface area contributed by atoms with E-state index in [-0.39, 0.29) is 0 Å². The molecule has 0 aliphatic heterocycles. The first kappa shape index (κ1) is 15.1. The number of hydrogen-bond donors (Lipinski definition) is 1. The molecule has 0 saturated carbocycles. The van der Waals surface area contributed by atoms with Gasteiger partial charge in [0, 0.05) is 10.5 Å². The summed E-state index contributed by atoms with van der Waals surface area (Å²) in [5.41, 5.74) is 2.54. The molecule has 1 atom stereocenters. The predicted octanol–water partition coefficient (Wildman–Crippen LogP) is 4.35. The Labute approximate surface area is 129 Å². The molecular weight excluding hydrogens is 314 g/mol. The molecule has 106 valence electrons. The Morgan fingerprint density at radius 2 is 1.80 bits per heavy atom. The summed E-state index contributed by atoms with van der Waals surface area (Å²) in [6.45, 7) is 3.11. The lowest BCUT2D eigenvalue weighted by Gasteiger charge is -2.15. The van der Waals surface area contributed by atoms with E-state index in [0.29, 0.717) is 6.04 Å². The Morgan fingerprint density at radius 1 is 1.10 bits per heavy atom. The Hall–Kier alpha value is -1.32. The Bertz CT molecular complexity index is 539. The summed E-state index contributed by atoms with van der Waals surface area (Å²) in [5, 5.41) is 3.55. The lowest BCUT2D eigenvalue weighted by molar-refractivity contribution is 0.408. The maximum Gasteiger partial charge on any atom is 0.122 e. The number of nitrogens with one attached hydrogen (secondary N) is 1. The van der Waals surface area contributed by atoms with Crippen molar-refractivity contribution in [1.82, 2.24) is 5.32 Å². The quantitative estimate of drug-likeness (QED) is 0.848. The number of benzene rings is 2. The number of methoxy groups -OCH3 is 1. The third-order valence-electron chi connectivity index (χ3n) is 3.41. The van der Waals surface area contributed by atoms with E-state index in [1.54, 1.807) is 7.11 Å². The van der Waals surface area contributed by atoms with Crippen LogP contribution in [0.2, 0.25) is 0 Å². The zero-order valence-corrected chi connectivity index (χ0v) is 13.5. The van der Waals surface area contributed by atoms with Crippen molar-refractivity contribution in [3.63, 3.8) is 0 Å². The van der Waals surface area contributed by atoms with E-state index in [9.17, 15) is 0 Å². The standard InChI is InChI=1S/C17H20BrNO/c1-13(14-7-9-16(18)10-8-14)19-12-11-15-5-3-4-6-17(15)20-2/h3-10,13,19H,11-12H2,1-2H3. The monoisotopic (exact) mass is 333 g/mol. The topological polar surface area (TPSA) is 21.3 Å². The maximum absolute atomic E-state index is 5.37. The highest BCUT2D eigenvalue weighted by Crippen LogP contribution is 2.19. The van der Waals surface area contributed by atoms with Crippen molar-refractivity contribution in [3.05, 3.63) is 64.1 Å². The van der Waals surface area contributed by atoms with E-state index < -0.39 is 0 Å². The molecule has 2 aromatic rings. The van der Waals surface area contributed by atoms with Crippen LogP contribution in [0.1, 0.15) is 24.1 Å². The molecule has 0 spiro atoms. The first-order valence-electron chi connectivity index (χ1n) is 6.81. The summed E-state index contributed by atoms with van der Waals surface area (Å²) in [6, 6.07) is 17.0. The van der Waals surface area contributed by atoms with E-state index in [1.165, 1.54) is 11.1 Å². The largest absolute Gasteiger partial charge is 0.496 e. The Balaban J connectivity index is 1.87. The van der Waals surface area contributed by atoms with E-state index in [4.69, 9.17) is 4.74 Å². The van der Waals surface area contributed by atoms with Crippen LogP contribution >= 0.6 is 15.9 Å². The average Bonchev–Trinajstić information content (AvgIpc) is 2.48. The van der Waals surface area contributed by atoms with Crippen molar-refractivity contribution in [3.8, 4) is 5.75 Å². The van der Waals surface area contributed by atoms with Crippen LogP contribution in [0.3, 0.4) is 0 Å². The maximum atomic E-state index is 5.37. The van der Waals surface area contributed by atoms with Gasteiger partial charge in [0.25, 0.3) is 0 Å². The van der Waals surface area contributed by atoms with Gasteiger partial charge in [-0.1, -0.05) is 46.3 Å². The SMILES string of the molecule is COc1ccccc1CCNC(C)c1ccc(Br)cc1. The smallest absolute Gasteiger partial charge is 0.122 e. The van der Waals surface area contributed by atoms with Crippen LogP contribution in [0, 0.1) is 0 Å². The van der Waals surface area contributed by atoms with E-state index in [1.807, 2.05) is 12.1 Å². The number of halogens is 1. The van der Waals surface area contributed by atoms with Gasteiger partial charge in [0.1, 0.15) is 5.75 Å². The van der Waals surface area contributed by atoms with Gasteiger partial charge in [0.05, 0.1) is 7.11 Å². The van der Waals surface area contributed by atoms with Crippen LogP contribution in [0.25, 0.3) is 0 Å². The molecule has 0 saturated heterocycles. The molecule has 0 fully saturated rings. The van der Waals surface area contributed by atoms with Gasteiger partial charge in [-0.3, -0.25) is 0 Å². The fourth-order valence-electron chi connectivity index (χ4n) is 2.20. The van der Waals surface area contributed by atoms with Crippen molar-refractivity contribution in [2.75, 3.05) is 13.7 Å². The first-order chi connectivity index (χ1) is 9.70. The van der Waals surface area contributed by atoms with Gasteiger partial charge in [0.2, 0.25) is 0 Å². The molecule has 0 aromatic heterocycles. The average molecular weight is 334 g/mol. The number of ether oxygens (including phenoxy) is 1. The highest BCUT2D eigenvalue weighted by Gasteiger charge is 2.06. The van der Waals surface area contributed by atoms with Crippen molar-refractivity contribution >= 4 is 15.9 Å². The van der Waals surface area contributed by atoms with Crippen molar-refractivity contribution in [2.24, 2.45) is 0 Å². The van der Waals surface area contributed by atoms with Crippen LogP contribution in [-0.2, 0) is 6.42 Å². The second kappa shape index (κ2) is 7.46. The van der Waals surface area contributed by atoms with Gasteiger partial charge >= 0.3 is 0 Å². The lowest BCUT2D eigenvalue weighted by atomic mass is 10.1. The van der Waals surface area contributed by atoms with Crippen LogP contribution in [0.4, 0.5) is 0 Å². The summed E-state index contributed by atoms with van der Waals surface area (Å²) in [6.07, 6.45) is 0.963. The predicted molar refractivity (Wildman–Crippen MR) is 87.3 cm³/mol. The molecule has 2 aromatic carbocycles. The molecule has 0 aliphatic rings. The molecular formula is C17H20BrNO. The lowest BCUT2D eigenvalue weighted by Crippen LogP contribution is -2.21. The number of rotatable bonds is 6. The van der Waals surface area contributed by atoms with Crippen LogP contribution < -0.4 is 10.1 Å². The normalized spacial score (nSPS) is 12.2. The minimum absolute atomic E-state index is 0.345. The van der Waals surface area contributed by atoms with Gasteiger partial charge < -0.3 is 10.1 Å². The molecule has 0 radical (unpaired) electrons. The van der Waals surface area contributed by atoms with Crippen molar-refractivity contribution in [1.29, 1.82) is 0 Å². The summed E-state index contributed by atoms with van der Waals surface area (Å²) < 4.78 is 6.48. The van der Waals surface area contributed by atoms with E-state index in [2.05, 4.69) is 64.6 Å². The third kappa shape index (κ3) is 4.09. The highest BCUT2D eigenvalue weighted by molar-refractivity contribution is 9.10. The molecule has 0 heterocycles. The first-order valence-corrected chi connectivity index (χ1v) is 7.60. The van der Waals surface area contributed by atoms with Gasteiger partial charge in [-0.25, -0.2) is 0 Å². The summed E-state index contributed by atoms with van der Waals surface area (Å²) in [5.74, 6) is 0.964. The van der Waals surface area contributed by atoms with Crippen molar-refractivity contribution < 1.29 is 4.74 Å². The Kier molecular flexibility index (Phi) is 5.62. The van der Waals surface area contributed by atoms with E-state index >= 15 is 0 Å². The molecule has 20 heavy (non-hydrogen) atoms. The third-order valence-corrected chi connectivity index (χ3v) is 3.94. The van der Waals surface area contributed by atoms with Gasteiger partial charge in [0.15, 0.2) is 0 Å². The van der Waals surface area contributed by atoms with Gasteiger partial charge in [-0.05, 0) is 49.2 Å². The molecule has 0 aliphatic carbocycles. The molecule has 2 rings (SSSR count). The number of hydrogen-bond acceptors (Lipinski definition) is 2. The fourth-order valence-corrected chi connectivity index (χ4v) is 2.47. The summed E-state index contributed by atoms with van der Waals surface area (Å²) in [7, 11) is 1.72. The summed E-state index contributed by atoms with van der Waals surface area (Å²) >= 11 is 3.46. The van der Waals surface area contributed by atoms with E-state index in [0.717, 1.165) is 23.2 Å². The minimum Gasteiger partial charge on any atom is -0.496 e. The number of para-hydroxylation sites is 1. The molecule has 3 heteroatoms. The molecule has 0 amide bonds. The molecule has 1 unspecified atom stereocenters. The highest BCUT2D eigenvalue weighted by atomic mass is 79.9. The second-order valence-electron chi connectivity index (χ2n) is 4.79. The zero-order valence-electron chi connectivity index (χ0n) is 11.9. The molecule has 0 bridgehead atoms. The fraction of sp³-hybridized carbons (Fsp3) is 0.294. The van der Waals surface area contributed by atoms with Gasteiger partial charge in [-0.2, -0.15) is 0 Å². The van der Waals surface area contributed by atoms with Crippen LogP contribution in [-0.4, -0.2) is 13.7 Å². The van der Waals surface area contributed by atoms with Crippen molar-refractivity contribution in [2.45, 2.75) is 19.4 Å². The second-order valence-corrected chi connectivity index (χ2v) is 5.70.